The molecule has 2 rings (SSSR count). The SMILES string of the molecule is C=C(C)c1ccc2cc(F)ccc2n1. The van der Waals surface area contributed by atoms with Crippen molar-refractivity contribution in [3.63, 3.8) is 0 Å². The molecule has 0 amide bonds. The minimum atomic E-state index is -0.234. The van der Waals surface area contributed by atoms with Crippen molar-refractivity contribution in [3.05, 3.63) is 48.4 Å². The largest absolute Gasteiger partial charge is 0.248 e. The molecule has 0 radical (unpaired) electrons. The molecule has 0 aliphatic carbocycles. The van der Waals surface area contributed by atoms with E-state index >= 15 is 0 Å². The molecule has 1 heterocycles. The van der Waals surface area contributed by atoms with Crippen LogP contribution in [0.3, 0.4) is 0 Å². The number of hydrogen-bond acceptors (Lipinski definition) is 1. The Morgan fingerprint density at radius 3 is 2.79 bits per heavy atom. The van der Waals surface area contributed by atoms with Crippen molar-refractivity contribution in [2.45, 2.75) is 6.92 Å². The second-order valence-corrected chi connectivity index (χ2v) is 3.31. The van der Waals surface area contributed by atoms with Gasteiger partial charge in [0.15, 0.2) is 0 Å². The van der Waals surface area contributed by atoms with E-state index in [4.69, 9.17) is 0 Å². The van der Waals surface area contributed by atoms with Gasteiger partial charge in [-0.15, -0.1) is 0 Å². The van der Waals surface area contributed by atoms with Crippen LogP contribution in [0.4, 0.5) is 4.39 Å². The molecule has 0 bridgehead atoms. The predicted molar refractivity (Wildman–Crippen MR) is 56.4 cm³/mol. The molecule has 0 aliphatic heterocycles. The zero-order chi connectivity index (χ0) is 10.1. The number of fused-ring (bicyclic) bond motifs is 1. The van der Waals surface area contributed by atoms with Gasteiger partial charge in [0.05, 0.1) is 11.2 Å². The molecule has 0 aliphatic rings. The number of aromatic nitrogens is 1. The summed E-state index contributed by atoms with van der Waals surface area (Å²) in [7, 11) is 0. The van der Waals surface area contributed by atoms with E-state index in [1.54, 1.807) is 6.07 Å². The molecule has 0 N–H and O–H groups in total. The molecule has 1 aromatic heterocycles. The van der Waals surface area contributed by atoms with E-state index < -0.39 is 0 Å². The van der Waals surface area contributed by atoms with Gasteiger partial charge in [-0.05, 0) is 36.8 Å². The molecular weight excluding hydrogens is 177 g/mol. The number of pyridine rings is 1. The summed E-state index contributed by atoms with van der Waals surface area (Å²) in [4.78, 5) is 4.35. The van der Waals surface area contributed by atoms with E-state index in [2.05, 4.69) is 11.6 Å². The highest BCUT2D eigenvalue weighted by Crippen LogP contribution is 2.17. The van der Waals surface area contributed by atoms with E-state index in [9.17, 15) is 4.39 Å². The highest BCUT2D eigenvalue weighted by Gasteiger charge is 1.99. The maximum atomic E-state index is 12.9. The first kappa shape index (κ1) is 8.88. The number of rotatable bonds is 1. The molecule has 1 nitrogen and oxygen atoms in total. The second kappa shape index (κ2) is 3.22. The standard InChI is InChI=1S/C12H10FN/c1-8(2)11-5-3-9-7-10(13)4-6-12(9)14-11/h3-7H,1H2,2H3. The summed E-state index contributed by atoms with van der Waals surface area (Å²) in [6.45, 7) is 5.71. The summed E-state index contributed by atoms with van der Waals surface area (Å²) < 4.78 is 12.9. The van der Waals surface area contributed by atoms with Crippen LogP contribution in [0.2, 0.25) is 0 Å². The van der Waals surface area contributed by atoms with E-state index in [0.29, 0.717) is 0 Å². The van der Waals surface area contributed by atoms with E-state index in [1.807, 2.05) is 19.1 Å². The zero-order valence-electron chi connectivity index (χ0n) is 7.92. The van der Waals surface area contributed by atoms with Crippen LogP contribution in [-0.2, 0) is 0 Å². The molecule has 70 valence electrons. The van der Waals surface area contributed by atoms with Crippen LogP contribution in [0.1, 0.15) is 12.6 Å². The Labute approximate surface area is 81.9 Å². The van der Waals surface area contributed by atoms with Crippen molar-refractivity contribution in [3.8, 4) is 0 Å². The van der Waals surface area contributed by atoms with Crippen molar-refractivity contribution in [1.82, 2.24) is 4.98 Å². The summed E-state index contributed by atoms with van der Waals surface area (Å²) in [6.07, 6.45) is 0. The molecule has 0 spiro atoms. The lowest BCUT2D eigenvalue weighted by molar-refractivity contribution is 0.629. The normalized spacial score (nSPS) is 10.4. The molecule has 2 aromatic rings. The first-order valence-corrected chi connectivity index (χ1v) is 4.39. The maximum absolute atomic E-state index is 12.9. The van der Waals surface area contributed by atoms with Crippen LogP contribution < -0.4 is 0 Å². The average molecular weight is 187 g/mol. The third-order valence-electron chi connectivity index (χ3n) is 2.09. The van der Waals surface area contributed by atoms with Gasteiger partial charge in [-0.25, -0.2) is 9.37 Å². The van der Waals surface area contributed by atoms with Gasteiger partial charge in [0.1, 0.15) is 5.82 Å². The van der Waals surface area contributed by atoms with Crippen molar-refractivity contribution < 1.29 is 4.39 Å². The molecule has 0 fully saturated rings. The Bertz CT molecular complexity index is 503. The molecular formula is C12H10FN. The van der Waals surface area contributed by atoms with Crippen LogP contribution in [0.25, 0.3) is 16.5 Å². The summed E-state index contributed by atoms with van der Waals surface area (Å²) in [5, 5.41) is 0.815. The van der Waals surface area contributed by atoms with Crippen molar-refractivity contribution in [2.75, 3.05) is 0 Å². The smallest absolute Gasteiger partial charge is 0.123 e. The molecule has 0 saturated carbocycles. The maximum Gasteiger partial charge on any atom is 0.123 e. The topological polar surface area (TPSA) is 12.9 Å². The van der Waals surface area contributed by atoms with E-state index in [1.165, 1.54) is 12.1 Å². The van der Waals surface area contributed by atoms with Gasteiger partial charge in [0, 0.05) is 5.39 Å². The van der Waals surface area contributed by atoms with Crippen LogP contribution in [0.15, 0.2) is 36.9 Å². The average Bonchev–Trinajstić information content (AvgIpc) is 2.16. The zero-order valence-corrected chi connectivity index (χ0v) is 7.92. The number of nitrogens with zero attached hydrogens (tertiary/aromatic N) is 1. The van der Waals surface area contributed by atoms with E-state index in [0.717, 1.165) is 22.2 Å². The minimum absolute atomic E-state index is 0.234. The first-order valence-electron chi connectivity index (χ1n) is 4.39. The Morgan fingerprint density at radius 2 is 2.07 bits per heavy atom. The number of hydrogen-bond donors (Lipinski definition) is 0. The lowest BCUT2D eigenvalue weighted by atomic mass is 10.1. The van der Waals surface area contributed by atoms with Gasteiger partial charge in [0.25, 0.3) is 0 Å². The summed E-state index contributed by atoms with van der Waals surface area (Å²) in [5.41, 5.74) is 2.56. The van der Waals surface area contributed by atoms with Crippen LogP contribution in [0, 0.1) is 5.82 Å². The lowest BCUT2D eigenvalue weighted by Gasteiger charge is -2.01. The van der Waals surface area contributed by atoms with Gasteiger partial charge in [-0.3, -0.25) is 0 Å². The summed E-state index contributed by atoms with van der Waals surface area (Å²) in [6, 6.07) is 8.28. The third kappa shape index (κ3) is 1.51. The fourth-order valence-electron chi connectivity index (χ4n) is 1.33. The van der Waals surface area contributed by atoms with Crippen LogP contribution in [0.5, 0.6) is 0 Å². The van der Waals surface area contributed by atoms with Gasteiger partial charge >= 0.3 is 0 Å². The van der Waals surface area contributed by atoms with Crippen molar-refractivity contribution in [2.24, 2.45) is 0 Å². The predicted octanol–water partition coefficient (Wildman–Crippen LogP) is 3.41. The molecule has 0 unspecified atom stereocenters. The van der Waals surface area contributed by atoms with Gasteiger partial charge in [-0.2, -0.15) is 0 Å². The molecule has 14 heavy (non-hydrogen) atoms. The Morgan fingerprint density at radius 1 is 1.29 bits per heavy atom. The molecule has 0 atom stereocenters. The quantitative estimate of drug-likeness (QED) is 0.666. The first-order chi connectivity index (χ1) is 6.66. The Hall–Kier alpha value is -1.70. The summed E-state index contributed by atoms with van der Waals surface area (Å²) >= 11 is 0. The monoisotopic (exact) mass is 187 g/mol. The fraction of sp³-hybridized carbons (Fsp3) is 0.0833. The molecule has 0 saturated heterocycles. The van der Waals surface area contributed by atoms with Gasteiger partial charge in [-0.1, -0.05) is 12.6 Å². The highest BCUT2D eigenvalue weighted by molar-refractivity contribution is 5.80. The lowest BCUT2D eigenvalue weighted by Crippen LogP contribution is -1.86. The van der Waals surface area contributed by atoms with Crippen LogP contribution in [-0.4, -0.2) is 4.98 Å². The summed E-state index contributed by atoms with van der Waals surface area (Å²) in [5.74, 6) is -0.234. The molecule has 1 aromatic carbocycles. The van der Waals surface area contributed by atoms with Crippen molar-refractivity contribution >= 4 is 16.5 Å². The molecule has 2 heteroatoms. The fourth-order valence-corrected chi connectivity index (χ4v) is 1.33. The number of benzene rings is 1. The minimum Gasteiger partial charge on any atom is -0.248 e. The van der Waals surface area contributed by atoms with Crippen molar-refractivity contribution in [1.29, 1.82) is 0 Å². The van der Waals surface area contributed by atoms with Gasteiger partial charge < -0.3 is 0 Å². The Balaban J connectivity index is 2.67. The third-order valence-corrected chi connectivity index (χ3v) is 2.09. The van der Waals surface area contributed by atoms with Crippen LogP contribution >= 0.6 is 0 Å². The second-order valence-electron chi connectivity index (χ2n) is 3.31. The number of halogens is 1. The Kier molecular flexibility index (Phi) is 2.04. The number of allylic oxidation sites excluding steroid dienone is 1. The van der Waals surface area contributed by atoms with Gasteiger partial charge in [0.2, 0.25) is 0 Å². The van der Waals surface area contributed by atoms with E-state index in [-0.39, 0.29) is 5.82 Å². The highest BCUT2D eigenvalue weighted by atomic mass is 19.1.